The smallest absolute Gasteiger partial charge is 0.217 e. The molecule has 0 saturated carbocycles. The highest BCUT2D eigenvalue weighted by atomic mass is 16.1. The quantitative estimate of drug-likeness (QED) is 0.697. The summed E-state index contributed by atoms with van der Waals surface area (Å²) in [5.41, 5.74) is 11.5. The van der Waals surface area contributed by atoms with Crippen LogP contribution in [-0.4, -0.2) is 39.7 Å². The molecule has 0 fully saturated rings. The number of hydrogen-bond donors (Lipinski definition) is 1. The molecule has 0 radical (unpaired) electrons. The van der Waals surface area contributed by atoms with E-state index in [9.17, 15) is 4.79 Å². The van der Waals surface area contributed by atoms with Gasteiger partial charge in [0.1, 0.15) is 5.52 Å². The molecule has 2 heterocycles. The number of nitrogens with two attached hydrogens (primary N) is 1. The molecule has 3 rings (SSSR count). The summed E-state index contributed by atoms with van der Waals surface area (Å²) in [5, 5.41) is 4.44. The van der Waals surface area contributed by atoms with Crippen molar-refractivity contribution < 1.29 is 4.79 Å². The summed E-state index contributed by atoms with van der Waals surface area (Å²) < 4.78 is 1.91. The van der Waals surface area contributed by atoms with Crippen molar-refractivity contribution in [2.45, 2.75) is 39.3 Å². The Labute approximate surface area is 160 Å². The highest BCUT2D eigenvalue weighted by molar-refractivity contribution is 5.81. The predicted molar refractivity (Wildman–Crippen MR) is 108 cm³/mol. The summed E-state index contributed by atoms with van der Waals surface area (Å²) in [7, 11) is 4.16. The van der Waals surface area contributed by atoms with Gasteiger partial charge in [0.05, 0.1) is 17.4 Å². The van der Waals surface area contributed by atoms with E-state index < -0.39 is 0 Å². The van der Waals surface area contributed by atoms with E-state index >= 15 is 0 Å². The van der Waals surface area contributed by atoms with Crippen LogP contribution in [0.4, 0.5) is 0 Å². The van der Waals surface area contributed by atoms with Crippen molar-refractivity contribution in [2.24, 2.45) is 5.73 Å². The van der Waals surface area contributed by atoms with Crippen LogP contribution in [0.2, 0.25) is 0 Å². The van der Waals surface area contributed by atoms with Gasteiger partial charge >= 0.3 is 0 Å². The molecule has 6 nitrogen and oxygen atoms in total. The van der Waals surface area contributed by atoms with Gasteiger partial charge in [-0.25, -0.2) is 4.98 Å². The van der Waals surface area contributed by atoms with Crippen molar-refractivity contribution in [3.05, 3.63) is 47.7 Å². The molecule has 0 aliphatic heterocycles. The minimum atomic E-state index is -0.282. The van der Waals surface area contributed by atoms with Crippen LogP contribution >= 0.6 is 0 Å². The van der Waals surface area contributed by atoms with Crippen LogP contribution in [-0.2, 0) is 11.3 Å². The summed E-state index contributed by atoms with van der Waals surface area (Å²) in [5.74, 6) is -0.282. The van der Waals surface area contributed by atoms with Gasteiger partial charge in [-0.1, -0.05) is 24.3 Å². The van der Waals surface area contributed by atoms with E-state index in [0.717, 1.165) is 27.9 Å². The van der Waals surface area contributed by atoms with Gasteiger partial charge in [0, 0.05) is 24.6 Å². The highest BCUT2D eigenvalue weighted by Crippen LogP contribution is 2.26. The first-order valence-electron chi connectivity index (χ1n) is 9.25. The van der Waals surface area contributed by atoms with Gasteiger partial charge in [0.15, 0.2) is 0 Å². The van der Waals surface area contributed by atoms with E-state index in [0.29, 0.717) is 25.4 Å². The maximum atomic E-state index is 10.9. The Morgan fingerprint density at radius 2 is 1.96 bits per heavy atom. The number of fused-ring (bicyclic) bond motifs is 1. The van der Waals surface area contributed by atoms with E-state index in [4.69, 9.17) is 10.7 Å². The molecule has 0 saturated heterocycles. The number of rotatable bonds is 7. The molecule has 1 unspecified atom stereocenters. The monoisotopic (exact) mass is 365 g/mol. The Bertz CT molecular complexity index is 943. The minimum absolute atomic E-state index is 0.282. The van der Waals surface area contributed by atoms with Crippen molar-refractivity contribution in [1.82, 2.24) is 19.7 Å². The lowest BCUT2D eigenvalue weighted by Crippen LogP contribution is -2.16. The van der Waals surface area contributed by atoms with Gasteiger partial charge in [0.25, 0.3) is 0 Å². The average molecular weight is 365 g/mol. The van der Waals surface area contributed by atoms with Gasteiger partial charge in [-0.2, -0.15) is 5.10 Å². The molecule has 0 spiro atoms. The molecular weight excluding hydrogens is 338 g/mol. The van der Waals surface area contributed by atoms with E-state index in [1.807, 2.05) is 4.68 Å². The lowest BCUT2D eigenvalue weighted by atomic mass is 10.0. The maximum absolute atomic E-state index is 10.9. The number of hydrogen-bond acceptors (Lipinski definition) is 4. The van der Waals surface area contributed by atoms with Crippen LogP contribution in [0, 0.1) is 6.92 Å². The molecule has 1 amide bonds. The third-order valence-electron chi connectivity index (χ3n) is 5.04. The normalized spacial score (nSPS) is 12.6. The lowest BCUT2D eigenvalue weighted by molar-refractivity contribution is -0.118. The number of aryl methyl sites for hydroxylation is 2. The second kappa shape index (κ2) is 7.88. The molecule has 1 aromatic carbocycles. The topological polar surface area (TPSA) is 77.0 Å². The second-order valence-electron chi connectivity index (χ2n) is 7.26. The zero-order chi connectivity index (χ0) is 19.6. The van der Waals surface area contributed by atoms with Crippen molar-refractivity contribution in [2.75, 3.05) is 14.1 Å². The van der Waals surface area contributed by atoms with Gasteiger partial charge in [-0.05, 0) is 51.6 Å². The molecule has 2 aromatic heterocycles. The van der Waals surface area contributed by atoms with Crippen LogP contribution in [0.1, 0.15) is 36.9 Å². The molecular formula is C21H27N5O. The maximum Gasteiger partial charge on any atom is 0.217 e. The highest BCUT2D eigenvalue weighted by Gasteiger charge is 2.12. The summed E-state index contributed by atoms with van der Waals surface area (Å²) in [6, 6.07) is 11.0. The first kappa shape index (κ1) is 19.0. The number of primary amides is 1. The molecule has 0 bridgehead atoms. The molecule has 3 aromatic rings. The van der Waals surface area contributed by atoms with Gasteiger partial charge in [-0.15, -0.1) is 0 Å². The van der Waals surface area contributed by atoms with E-state index in [1.54, 1.807) is 6.20 Å². The zero-order valence-corrected chi connectivity index (χ0v) is 16.4. The predicted octanol–water partition coefficient (Wildman–Crippen LogP) is 3.29. The average Bonchev–Trinajstić information content (AvgIpc) is 3.04. The standard InChI is InChI=1S/C21H27N5O/c1-14-12-18(17-9-7-16(8-10-17)15(2)25(3)4)24-19-13-23-26(21(14)19)11-5-6-20(22)27/h7-10,12-13,15H,5-6,11H2,1-4H3,(H2,22,27). The zero-order valence-electron chi connectivity index (χ0n) is 16.4. The summed E-state index contributed by atoms with van der Waals surface area (Å²) >= 11 is 0. The first-order valence-corrected chi connectivity index (χ1v) is 9.25. The fourth-order valence-corrected chi connectivity index (χ4v) is 3.25. The lowest BCUT2D eigenvalue weighted by Gasteiger charge is -2.20. The molecule has 0 aliphatic rings. The summed E-state index contributed by atoms with van der Waals surface area (Å²) in [4.78, 5) is 17.9. The minimum Gasteiger partial charge on any atom is -0.370 e. The van der Waals surface area contributed by atoms with Gasteiger partial charge in [-0.3, -0.25) is 9.48 Å². The Hall–Kier alpha value is -2.73. The number of aromatic nitrogens is 3. The van der Waals surface area contributed by atoms with Crippen molar-refractivity contribution in [1.29, 1.82) is 0 Å². The third kappa shape index (κ3) is 4.17. The van der Waals surface area contributed by atoms with Gasteiger partial charge in [0.2, 0.25) is 5.91 Å². The SMILES string of the molecule is Cc1cc(-c2ccc(C(C)N(C)C)cc2)nc2cnn(CCCC(N)=O)c12. The Morgan fingerprint density at radius 1 is 1.26 bits per heavy atom. The Balaban J connectivity index is 1.87. The molecule has 0 aliphatic carbocycles. The van der Waals surface area contributed by atoms with Crippen molar-refractivity contribution in [3.63, 3.8) is 0 Å². The van der Waals surface area contributed by atoms with Crippen LogP contribution in [0.5, 0.6) is 0 Å². The van der Waals surface area contributed by atoms with Crippen LogP contribution in [0.15, 0.2) is 36.5 Å². The second-order valence-corrected chi connectivity index (χ2v) is 7.26. The van der Waals surface area contributed by atoms with E-state index in [1.165, 1.54) is 5.56 Å². The largest absolute Gasteiger partial charge is 0.370 e. The number of carbonyl (C=O) groups excluding carboxylic acids is 1. The molecule has 2 N–H and O–H groups in total. The Morgan fingerprint density at radius 3 is 2.59 bits per heavy atom. The fraction of sp³-hybridized carbons (Fsp3) is 0.381. The Kier molecular flexibility index (Phi) is 5.56. The summed E-state index contributed by atoms with van der Waals surface area (Å²) in [6.45, 7) is 4.92. The van der Waals surface area contributed by atoms with Crippen LogP contribution < -0.4 is 5.73 Å². The number of pyridine rings is 1. The van der Waals surface area contributed by atoms with Crippen LogP contribution in [0.25, 0.3) is 22.3 Å². The number of benzene rings is 1. The van der Waals surface area contributed by atoms with Crippen molar-refractivity contribution >= 4 is 16.9 Å². The third-order valence-corrected chi connectivity index (χ3v) is 5.04. The molecule has 6 heteroatoms. The molecule has 1 atom stereocenters. The molecule has 27 heavy (non-hydrogen) atoms. The van der Waals surface area contributed by atoms with Gasteiger partial charge < -0.3 is 10.6 Å². The number of carbonyl (C=O) groups is 1. The molecule has 142 valence electrons. The van der Waals surface area contributed by atoms with Crippen molar-refractivity contribution in [3.8, 4) is 11.3 Å². The summed E-state index contributed by atoms with van der Waals surface area (Å²) in [6.07, 6.45) is 2.83. The number of nitrogens with zero attached hydrogens (tertiary/aromatic N) is 4. The number of amides is 1. The first-order chi connectivity index (χ1) is 12.9. The fourth-order valence-electron chi connectivity index (χ4n) is 3.25. The van der Waals surface area contributed by atoms with Crippen LogP contribution in [0.3, 0.4) is 0 Å². The van der Waals surface area contributed by atoms with E-state index in [2.05, 4.69) is 68.3 Å². The van der Waals surface area contributed by atoms with E-state index in [-0.39, 0.29) is 5.91 Å².